The van der Waals surface area contributed by atoms with Crippen molar-refractivity contribution in [2.45, 2.75) is 25.9 Å². The van der Waals surface area contributed by atoms with E-state index in [1.807, 2.05) is 31.3 Å². The molecule has 0 spiro atoms. The van der Waals surface area contributed by atoms with Crippen molar-refractivity contribution in [1.29, 1.82) is 0 Å². The zero-order valence-electron chi connectivity index (χ0n) is 13.2. The summed E-state index contributed by atoms with van der Waals surface area (Å²) in [7, 11) is 5.55. The molecule has 3 rings (SSSR count). The maximum Gasteiger partial charge on any atom is 0.274 e. The van der Waals surface area contributed by atoms with E-state index in [0.29, 0.717) is 18.2 Å². The van der Waals surface area contributed by atoms with Crippen LogP contribution in [-0.4, -0.2) is 51.5 Å². The van der Waals surface area contributed by atoms with Crippen molar-refractivity contribution < 1.29 is 4.79 Å². The van der Waals surface area contributed by atoms with Gasteiger partial charge in [-0.25, -0.2) is 15.0 Å². The van der Waals surface area contributed by atoms with E-state index in [2.05, 4.69) is 19.5 Å². The number of carbonyl (C=O) groups excluding carboxylic acids is 1. The van der Waals surface area contributed by atoms with Crippen molar-refractivity contribution in [3.8, 4) is 0 Å². The van der Waals surface area contributed by atoms with E-state index in [1.165, 1.54) is 0 Å². The zero-order valence-corrected chi connectivity index (χ0v) is 13.2. The van der Waals surface area contributed by atoms with Gasteiger partial charge in [-0.05, 0) is 12.5 Å². The first kappa shape index (κ1) is 14.5. The lowest BCUT2D eigenvalue weighted by molar-refractivity contribution is 0.0777. The fourth-order valence-electron chi connectivity index (χ4n) is 2.56. The summed E-state index contributed by atoms with van der Waals surface area (Å²) in [5.74, 6) is 1.57. The van der Waals surface area contributed by atoms with E-state index >= 15 is 0 Å². The number of hydrogen-bond donors (Lipinski definition) is 0. The SMILES string of the molecule is CN(Cc1ccnc(N(C)C)n1)C(=O)c1cn2c(n1)CCC2. The summed E-state index contributed by atoms with van der Waals surface area (Å²) in [5, 5.41) is 0. The van der Waals surface area contributed by atoms with Gasteiger partial charge in [-0.1, -0.05) is 0 Å². The molecule has 3 heterocycles. The van der Waals surface area contributed by atoms with Crippen LogP contribution in [0, 0.1) is 0 Å². The maximum absolute atomic E-state index is 12.5. The molecule has 7 nitrogen and oxygen atoms in total. The third-order valence-corrected chi connectivity index (χ3v) is 3.72. The number of fused-ring (bicyclic) bond motifs is 1. The standard InChI is InChI=1S/C15H20N6O/c1-19(2)15-16-7-6-11(17-15)9-20(3)14(22)12-10-21-8-4-5-13(21)18-12/h6-7,10H,4-5,8-9H2,1-3H3. The van der Waals surface area contributed by atoms with Gasteiger partial charge in [0.05, 0.1) is 12.2 Å². The number of aryl methyl sites for hydroxylation is 2. The molecule has 0 radical (unpaired) electrons. The molecule has 2 aromatic rings. The minimum Gasteiger partial charge on any atom is -0.347 e. The third-order valence-electron chi connectivity index (χ3n) is 3.72. The second-order valence-electron chi connectivity index (χ2n) is 5.74. The molecule has 116 valence electrons. The van der Waals surface area contributed by atoms with E-state index in [9.17, 15) is 4.79 Å². The molecule has 7 heteroatoms. The van der Waals surface area contributed by atoms with Gasteiger partial charge in [-0.3, -0.25) is 4.79 Å². The Hall–Kier alpha value is -2.44. The van der Waals surface area contributed by atoms with Crippen LogP contribution in [0.2, 0.25) is 0 Å². The third kappa shape index (κ3) is 2.79. The van der Waals surface area contributed by atoms with Crippen LogP contribution in [0.25, 0.3) is 0 Å². The van der Waals surface area contributed by atoms with Crippen molar-refractivity contribution in [3.63, 3.8) is 0 Å². The molecule has 1 amide bonds. The van der Waals surface area contributed by atoms with Crippen LogP contribution in [0.3, 0.4) is 0 Å². The average Bonchev–Trinajstić information content (AvgIpc) is 3.07. The van der Waals surface area contributed by atoms with Crippen LogP contribution in [-0.2, 0) is 19.5 Å². The summed E-state index contributed by atoms with van der Waals surface area (Å²) in [6, 6.07) is 1.82. The van der Waals surface area contributed by atoms with Crippen molar-refractivity contribution in [1.82, 2.24) is 24.4 Å². The Balaban J connectivity index is 1.72. The van der Waals surface area contributed by atoms with E-state index in [-0.39, 0.29) is 5.91 Å². The lowest BCUT2D eigenvalue weighted by Crippen LogP contribution is -2.27. The molecule has 0 bridgehead atoms. The van der Waals surface area contributed by atoms with Gasteiger partial charge < -0.3 is 14.4 Å². The van der Waals surface area contributed by atoms with Crippen LogP contribution in [0.4, 0.5) is 5.95 Å². The van der Waals surface area contributed by atoms with Gasteiger partial charge in [0.25, 0.3) is 5.91 Å². The topological polar surface area (TPSA) is 67.2 Å². The number of nitrogens with zero attached hydrogens (tertiary/aromatic N) is 6. The van der Waals surface area contributed by atoms with E-state index in [4.69, 9.17) is 0 Å². The van der Waals surface area contributed by atoms with Gasteiger partial charge in [0.15, 0.2) is 0 Å². The molecule has 0 N–H and O–H groups in total. The largest absolute Gasteiger partial charge is 0.347 e. The molecule has 1 aliphatic heterocycles. The highest BCUT2D eigenvalue weighted by Gasteiger charge is 2.20. The Kier molecular flexibility index (Phi) is 3.79. The minimum atomic E-state index is -0.0769. The fourth-order valence-corrected chi connectivity index (χ4v) is 2.56. The first-order valence-corrected chi connectivity index (χ1v) is 7.35. The minimum absolute atomic E-state index is 0.0769. The summed E-state index contributed by atoms with van der Waals surface area (Å²) >= 11 is 0. The number of imidazole rings is 1. The molecule has 22 heavy (non-hydrogen) atoms. The zero-order chi connectivity index (χ0) is 15.7. The van der Waals surface area contributed by atoms with E-state index < -0.39 is 0 Å². The Morgan fingerprint density at radius 2 is 2.14 bits per heavy atom. The Bertz CT molecular complexity index is 672. The Morgan fingerprint density at radius 1 is 1.32 bits per heavy atom. The van der Waals surface area contributed by atoms with E-state index in [1.54, 1.807) is 18.1 Å². The molecular weight excluding hydrogens is 280 g/mol. The van der Waals surface area contributed by atoms with Gasteiger partial charge in [-0.2, -0.15) is 0 Å². The second-order valence-corrected chi connectivity index (χ2v) is 5.74. The average molecular weight is 300 g/mol. The number of aromatic nitrogens is 4. The quantitative estimate of drug-likeness (QED) is 0.841. The maximum atomic E-state index is 12.5. The van der Waals surface area contributed by atoms with Crippen LogP contribution in [0.5, 0.6) is 0 Å². The Labute approximate surface area is 129 Å². The molecule has 0 aromatic carbocycles. The van der Waals surface area contributed by atoms with Gasteiger partial charge in [0, 0.05) is 46.5 Å². The van der Waals surface area contributed by atoms with E-state index in [0.717, 1.165) is 30.9 Å². The first-order valence-electron chi connectivity index (χ1n) is 7.35. The Morgan fingerprint density at radius 3 is 2.86 bits per heavy atom. The van der Waals surface area contributed by atoms with Crippen molar-refractivity contribution in [2.24, 2.45) is 0 Å². The molecule has 1 aliphatic rings. The number of carbonyl (C=O) groups is 1. The molecule has 0 aliphatic carbocycles. The summed E-state index contributed by atoms with van der Waals surface area (Å²) in [6.45, 7) is 1.39. The summed E-state index contributed by atoms with van der Waals surface area (Å²) in [6.07, 6.45) is 5.63. The van der Waals surface area contributed by atoms with Gasteiger partial charge in [0.2, 0.25) is 5.95 Å². The van der Waals surface area contributed by atoms with Gasteiger partial charge in [-0.15, -0.1) is 0 Å². The first-order chi connectivity index (χ1) is 10.5. The van der Waals surface area contributed by atoms with Gasteiger partial charge >= 0.3 is 0 Å². The number of amides is 1. The fraction of sp³-hybridized carbons (Fsp3) is 0.467. The number of hydrogen-bond acceptors (Lipinski definition) is 5. The summed E-state index contributed by atoms with van der Waals surface area (Å²) in [4.78, 5) is 29.0. The van der Waals surface area contributed by atoms with Crippen molar-refractivity contribution >= 4 is 11.9 Å². The number of anilines is 1. The van der Waals surface area contributed by atoms with Crippen LogP contribution in [0.1, 0.15) is 28.4 Å². The highest BCUT2D eigenvalue weighted by molar-refractivity contribution is 5.92. The van der Waals surface area contributed by atoms with Crippen LogP contribution < -0.4 is 4.90 Å². The highest BCUT2D eigenvalue weighted by Crippen LogP contribution is 2.16. The lowest BCUT2D eigenvalue weighted by Gasteiger charge is -2.17. The molecular formula is C15H20N6O. The second kappa shape index (κ2) is 5.75. The normalized spacial score (nSPS) is 13.0. The van der Waals surface area contributed by atoms with Crippen LogP contribution in [0.15, 0.2) is 18.5 Å². The molecule has 0 saturated heterocycles. The predicted octanol–water partition coefficient (Wildman–Crippen LogP) is 0.957. The monoisotopic (exact) mass is 300 g/mol. The van der Waals surface area contributed by atoms with Crippen molar-refractivity contribution in [2.75, 3.05) is 26.0 Å². The summed E-state index contributed by atoms with van der Waals surface area (Å²) in [5.41, 5.74) is 1.32. The molecule has 0 fully saturated rings. The molecule has 0 saturated carbocycles. The predicted molar refractivity (Wildman–Crippen MR) is 82.7 cm³/mol. The smallest absolute Gasteiger partial charge is 0.274 e. The number of rotatable bonds is 4. The van der Waals surface area contributed by atoms with Crippen molar-refractivity contribution in [3.05, 3.63) is 35.7 Å². The molecule has 2 aromatic heterocycles. The highest BCUT2D eigenvalue weighted by atomic mass is 16.2. The molecule has 0 unspecified atom stereocenters. The van der Waals surface area contributed by atoms with Crippen LogP contribution >= 0.6 is 0 Å². The lowest BCUT2D eigenvalue weighted by atomic mass is 10.3. The summed E-state index contributed by atoms with van der Waals surface area (Å²) < 4.78 is 2.07. The van der Waals surface area contributed by atoms with Gasteiger partial charge in [0.1, 0.15) is 11.5 Å². The molecule has 0 atom stereocenters.